The van der Waals surface area contributed by atoms with Crippen molar-refractivity contribution >= 4 is 34.7 Å². The number of aliphatic hydroxyl groups is 1. The van der Waals surface area contributed by atoms with Gasteiger partial charge in [-0.2, -0.15) is 0 Å². The van der Waals surface area contributed by atoms with Crippen LogP contribution in [0.5, 0.6) is 5.75 Å². The number of hydrogen-bond acceptors (Lipinski definition) is 6. The van der Waals surface area contributed by atoms with Crippen LogP contribution in [-0.4, -0.2) is 55.4 Å². The van der Waals surface area contributed by atoms with Gasteiger partial charge in [0.05, 0.1) is 17.4 Å². The molecule has 4 aromatic rings. The van der Waals surface area contributed by atoms with Crippen molar-refractivity contribution in [3.63, 3.8) is 0 Å². The molecule has 9 nitrogen and oxygen atoms in total. The molecule has 12 heteroatoms. The molecule has 0 unspecified atom stereocenters. The molecule has 176 valence electrons. The average Bonchev–Trinajstić information content (AvgIpc) is 3.50. The van der Waals surface area contributed by atoms with E-state index in [1.54, 1.807) is 23.0 Å². The number of carbonyl (C=O) groups is 1. The predicted octanol–water partition coefficient (Wildman–Crippen LogP) is 3.72. The molecule has 3 N–H and O–H groups in total. The second-order valence-corrected chi connectivity index (χ2v) is 8.28. The quantitative estimate of drug-likeness (QED) is 0.357. The van der Waals surface area contributed by atoms with E-state index in [1.165, 1.54) is 30.5 Å². The van der Waals surface area contributed by atoms with Gasteiger partial charge < -0.3 is 20.1 Å². The first-order chi connectivity index (χ1) is 16.2. The van der Waals surface area contributed by atoms with E-state index in [2.05, 4.69) is 25.1 Å². The summed E-state index contributed by atoms with van der Waals surface area (Å²) < 4.78 is 31.6. The Morgan fingerprint density at radius 1 is 1.26 bits per heavy atom. The number of nitrogens with one attached hydrogen (secondary N) is 2. The van der Waals surface area contributed by atoms with E-state index in [-0.39, 0.29) is 5.75 Å². The molecule has 4 heterocycles. The number of alkyl halides is 3. The van der Waals surface area contributed by atoms with E-state index >= 15 is 0 Å². The van der Waals surface area contributed by atoms with Crippen LogP contribution in [0.3, 0.4) is 0 Å². The van der Waals surface area contributed by atoms with Gasteiger partial charge in [0.1, 0.15) is 11.6 Å². The van der Waals surface area contributed by atoms with Crippen molar-refractivity contribution in [3.05, 3.63) is 60.6 Å². The van der Waals surface area contributed by atoms with Crippen LogP contribution >= 0.6 is 11.6 Å². The maximum Gasteiger partial charge on any atom is 0.487 e. The third-order valence-electron chi connectivity index (χ3n) is 5.41. The summed E-state index contributed by atoms with van der Waals surface area (Å²) in [7, 11) is 0. The third kappa shape index (κ3) is 4.66. The van der Waals surface area contributed by atoms with Crippen LogP contribution in [0.2, 0.25) is 0 Å². The number of rotatable bonds is 6. The van der Waals surface area contributed by atoms with E-state index in [0.29, 0.717) is 53.5 Å². The van der Waals surface area contributed by atoms with E-state index in [0.717, 1.165) is 0 Å². The lowest BCUT2D eigenvalue weighted by molar-refractivity contribution is -0.0964. The molecule has 0 spiro atoms. The minimum absolute atomic E-state index is 0.143. The zero-order valence-corrected chi connectivity index (χ0v) is 18.3. The number of hydrogen-bond donors (Lipinski definition) is 3. The van der Waals surface area contributed by atoms with Crippen LogP contribution in [0, 0.1) is 0 Å². The highest BCUT2D eigenvalue weighted by Crippen LogP contribution is 2.32. The number of aromatic nitrogens is 4. The molecule has 1 aliphatic rings. The van der Waals surface area contributed by atoms with Crippen molar-refractivity contribution in [2.75, 3.05) is 23.3 Å². The largest absolute Gasteiger partial charge is 0.487 e. The van der Waals surface area contributed by atoms with E-state index < -0.39 is 17.6 Å². The molecule has 0 aliphatic carbocycles. The van der Waals surface area contributed by atoms with Crippen LogP contribution < -0.4 is 15.0 Å². The summed E-state index contributed by atoms with van der Waals surface area (Å²) in [5, 5.41) is 15.9. The maximum absolute atomic E-state index is 12.9. The standard InChI is InChI=1S/C22H19ClF2N6O3/c23-22(24,25)34-16-3-1-14(2-4-16)28-21(33)13-9-17(18-10-19-26-6-8-31(19)29-18)20(27-11-13)30-7-5-15(32)12-30/h1-4,6,8-11,15,29,32H,5,7,12H2,(H,28,33)/t15-/m1/s1. The molecule has 3 aromatic heterocycles. The third-order valence-corrected chi connectivity index (χ3v) is 5.49. The van der Waals surface area contributed by atoms with Crippen molar-refractivity contribution in [3.8, 4) is 17.0 Å². The zero-order valence-electron chi connectivity index (χ0n) is 17.6. The first-order valence-electron chi connectivity index (χ1n) is 10.4. The predicted molar refractivity (Wildman–Crippen MR) is 121 cm³/mol. The van der Waals surface area contributed by atoms with Gasteiger partial charge in [-0.05, 0) is 36.8 Å². The van der Waals surface area contributed by atoms with Gasteiger partial charge in [0, 0.05) is 60.6 Å². The molecule has 1 aliphatic heterocycles. The SMILES string of the molecule is O=C(Nc1ccc(OC(F)(F)Cl)cc1)c1cnc(N2CC[C@@H](O)C2)c(-c2cc3nccn3[nH]2)c1. The number of aliphatic hydroxyl groups excluding tert-OH is 1. The lowest BCUT2D eigenvalue weighted by atomic mass is 10.1. The number of nitrogens with zero attached hydrogens (tertiary/aromatic N) is 4. The average molecular weight is 489 g/mol. The van der Waals surface area contributed by atoms with Gasteiger partial charge in [-0.1, -0.05) is 0 Å². The number of halogens is 3. The minimum Gasteiger partial charge on any atom is -0.420 e. The Balaban J connectivity index is 1.42. The Morgan fingerprint density at radius 3 is 2.74 bits per heavy atom. The zero-order chi connectivity index (χ0) is 23.9. The molecule has 1 aromatic carbocycles. The van der Waals surface area contributed by atoms with Crippen molar-refractivity contribution in [1.82, 2.24) is 19.6 Å². The second-order valence-electron chi connectivity index (χ2n) is 7.84. The molecular weight excluding hydrogens is 470 g/mol. The lowest BCUT2D eigenvalue weighted by Crippen LogP contribution is -2.23. The number of anilines is 2. The van der Waals surface area contributed by atoms with Crippen LogP contribution in [0.4, 0.5) is 20.3 Å². The number of H-pyrrole nitrogens is 1. The Labute approximate surface area is 196 Å². The van der Waals surface area contributed by atoms with Crippen LogP contribution in [-0.2, 0) is 0 Å². The number of amides is 1. The van der Waals surface area contributed by atoms with Crippen molar-refractivity contribution in [2.45, 2.75) is 18.1 Å². The van der Waals surface area contributed by atoms with Gasteiger partial charge in [0.2, 0.25) is 0 Å². The minimum atomic E-state index is -3.82. The van der Waals surface area contributed by atoms with Crippen molar-refractivity contribution < 1.29 is 23.4 Å². The van der Waals surface area contributed by atoms with Gasteiger partial charge in [-0.3, -0.25) is 9.89 Å². The molecular formula is C22H19ClF2N6O3. The number of aromatic amines is 1. The Kier molecular flexibility index (Phi) is 5.58. The Morgan fingerprint density at radius 2 is 2.06 bits per heavy atom. The van der Waals surface area contributed by atoms with Gasteiger partial charge >= 0.3 is 5.57 Å². The molecule has 34 heavy (non-hydrogen) atoms. The molecule has 1 amide bonds. The number of ether oxygens (including phenoxy) is 1. The summed E-state index contributed by atoms with van der Waals surface area (Å²) in [6.45, 7) is 1.08. The smallest absolute Gasteiger partial charge is 0.420 e. The van der Waals surface area contributed by atoms with Crippen molar-refractivity contribution in [1.29, 1.82) is 0 Å². The van der Waals surface area contributed by atoms with Gasteiger partial charge in [0.25, 0.3) is 5.91 Å². The normalized spacial score (nSPS) is 16.2. The number of pyridine rings is 1. The first-order valence-corrected chi connectivity index (χ1v) is 10.8. The molecule has 5 rings (SSSR count). The van der Waals surface area contributed by atoms with Crippen molar-refractivity contribution in [2.24, 2.45) is 0 Å². The molecule has 1 atom stereocenters. The monoisotopic (exact) mass is 488 g/mol. The summed E-state index contributed by atoms with van der Waals surface area (Å²) in [5.41, 5.74) is -1.05. The highest BCUT2D eigenvalue weighted by atomic mass is 35.5. The van der Waals surface area contributed by atoms with E-state index in [4.69, 9.17) is 11.6 Å². The maximum atomic E-state index is 12.9. The number of benzene rings is 1. The second kappa shape index (κ2) is 8.58. The molecule has 1 saturated heterocycles. The summed E-state index contributed by atoms with van der Waals surface area (Å²) in [4.78, 5) is 23.7. The lowest BCUT2D eigenvalue weighted by Gasteiger charge is -2.20. The van der Waals surface area contributed by atoms with E-state index in [1.807, 2.05) is 11.0 Å². The fraction of sp³-hybridized carbons (Fsp3) is 0.227. The number of carbonyl (C=O) groups excluding carboxylic acids is 1. The fourth-order valence-corrected chi connectivity index (χ4v) is 3.94. The fourth-order valence-electron chi connectivity index (χ4n) is 3.85. The van der Waals surface area contributed by atoms with E-state index in [9.17, 15) is 18.7 Å². The molecule has 0 radical (unpaired) electrons. The summed E-state index contributed by atoms with van der Waals surface area (Å²) in [6.07, 6.45) is 5.09. The van der Waals surface area contributed by atoms with Crippen LogP contribution in [0.1, 0.15) is 16.8 Å². The number of fused-ring (bicyclic) bond motifs is 1. The van der Waals surface area contributed by atoms with Gasteiger partial charge in [0.15, 0.2) is 5.65 Å². The van der Waals surface area contributed by atoms with Gasteiger partial charge in [-0.25, -0.2) is 14.5 Å². The summed E-state index contributed by atoms with van der Waals surface area (Å²) in [5.74, 6) is 0.0615. The number of imidazole rings is 1. The Hall–Kier alpha value is -3.70. The first kappa shape index (κ1) is 22.1. The molecule has 0 saturated carbocycles. The molecule has 0 bridgehead atoms. The van der Waals surface area contributed by atoms with Gasteiger partial charge in [-0.15, -0.1) is 8.78 Å². The topological polar surface area (TPSA) is 108 Å². The molecule has 1 fully saturated rings. The van der Waals surface area contributed by atoms with Crippen LogP contribution in [0.15, 0.2) is 55.0 Å². The highest BCUT2D eigenvalue weighted by Gasteiger charge is 2.28. The summed E-state index contributed by atoms with van der Waals surface area (Å²) >= 11 is 4.77. The number of β-amino-alcohol motifs (C(OH)–C–C–N with tert-alkyl or cyclic N) is 1. The van der Waals surface area contributed by atoms with Crippen LogP contribution in [0.25, 0.3) is 16.9 Å². The Bertz CT molecular complexity index is 1310. The summed E-state index contributed by atoms with van der Waals surface area (Å²) in [6, 6.07) is 8.94. The highest BCUT2D eigenvalue weighted by molar-refractivity contribution is 6.20.